The minimum atomic E-state index is -3.48. The molecule has 1 aliphatic carbocycles. The molecule has 2 atom stereocenters. The first-order valence-electron chi connectivity index (χ1n) is 7.55. The second-order valence-corrected chi connectivity index (χ2v) is 7.78. The lowest BCUT2D eigenvalue weighted by atomic mass is 10.0. The van der Waals surface area contributed by atoms with Gasteiger partial charge in [-0.15, -0.1) is 0 Å². The molecule has 1 N–H and O–H groups in total. The van der Waals surface area contributed by atoms with Gasteiger partial charge < -0.3 is 9.47 Å². The quantitative estimate of drug-likeness (QED) is 0.833. The average Bonchev–Trinajstić information content (AvgIpc) is 3.24. The predicted molar refractivity (Wildman–Crippen MR) is 84.9 cm³/mol. The maximum atomic E-state index is 12.7. The summed E-state index contributed by atoms with van der Waals surface area (Å²) in [6.45, 7) is 0.115. The first kappa shape index (κ1) is 16.5. The molecule has 0 bridgehead atoms. The Morgan fingerprint density at radius 1 is 1.26 bits per heavy atom. The number of hydroxylamine groups is 2. The van der Waals surface area contributed by atoms with E-state index in [0.717, 1.165) is 18.4 Å². The van der Waals surface area contributed by atoms with Crippen LogP contribution in [-0.2, 0) is 14.9 Å². The van der Waals surface area contributed by atoms with Crippen molar-refractivity contribution in [2.45, 2.75) is 30.2 Å². The zero-order chi connectivity index (χ0) is 16.6. The van der Waals surface area contributed by atoms with Crippen molar-refractivity contribution < 1.29 is 22.7 Å². The van der Waals surface area contributed by atoms with E-state index in [4.69, 9.17) is 14.3 Å². The minimum absolute atomic E-state index is 0.0683. The summed E-state index contributed by atoms with van der Waals surface area (Å²) in [4.78, 5) is 5.51. The van der Waals surface area contributed by atoms with Crippen molar-refractivity contribution in [3.63, 3.8) is 0 Å². The zero-order valence-electron chi connectivity index (χ0n) is 13.5. The van der Waals surface area contributed by atoms with Gasteiger partial charge in [0, 0.05) is 18.7 Å². The minimum Gasteiger partial charge on any atom is -0.493 e. The molecule has 0 aromatic heterocycles. The second kappa shape index (κ2) is 6.27. The zero-order valence-corrected chi connectivity index (χ0v) is 14.3. The van der Waals surface area contributed by atoms with Crippen molar-refractivity contribution >= 4 is 10.0 Å². The summed E-state index contributed by atoms with van der Waals surface area (Å²) in [5.41, 5.74) is 0.734. The molecule has 1 saturated heterocycles. The van der Waals surface area contributed by atoms with Crippen LogP contribution in [0.25, 0.3) is 0 Å². The number of sulfonamides is 1. The van der Waals surface area contributed by atoms with Gasteiger partial charge in [-0.1, -0.05) is 12.1 Å². The van der Waals surface area contributed by atoms with Crippen molar-refractivity contribution in [3.05, 3.63) is 23.8 Å². The monoisotopic (exact) mass is 342 g/mol. The molecule has 2 fully saturated rings. The summed E-state index contributed by atoms with van der Waals surface area (Å²) < 4.78 is 38.9. The standard InChI is InChI=1S/C15H22N2O5S/c1-17-14(11-5-4-6-12(20-2)15(11)21-3)13(9-22-17)23(18,19)16-10-7-8-10/h4-6,10,13-14,16H,7-9H2,1-3H3/t13-,14-/m0/s1. The highest BCUT2D eigenvalue weighted by Gasteiger charge is 2.46. The van der Waals surface area contributed by atoms with Gasteiger partial charge in [-0.2, -0.15) is 5.06 Å². The summed E-state index contributed by atoms with van der Waals surface area (Å²) in [7, 11) is 1.35. The number of ether oxygens (including phenoxy) is 2. The lowest BCUT2D eigenvalue weighted by Gasteiger charge is -2.25. The Labute approximate surface area is 136 Å². The summed E-state index contributed by atoms with van der Waals surface area (Å²) in [5.74, 6) is 1.10. The molecule has 1 aromatic rings. The normalized spacial score (nSPS) is 25.5. The Morgan fingerprint density at radius 2 is 2.00 bits per heavy atom. The van der Waals surface area contributed by atoms with Crippen molar-refractivity contribution in [2.75, 3.05) is 27.9 Å². The van der Waals surface area contributed by atoms with Gasteiger partial charge in [0.05, 0.1) is 26.9 Å². The van der Waals surface area contributed by atoms with Crippen molar-refractivity contribution in [2.24, 2.45) is 0 Å². The summed E-state index contributed by atoms with van der Waals surface area (Å²) in [6.07, 6.45) is 1.80. The van der Waals surface area contributed by atoms with E-state index < -0.39 is 21.3 Å². The summed E-state index contributed by atoms with van der Waals surface area (Å²) >= 11 is 0. The van der Waals surface area contributed by atoms with Gasteiger partial charge in [0.25, 0.3) is 0 Å². The van der Waals surface area contributed by atoms with Crippen molar-refractivity contribution in [3.8, 4) is 11.5 Å². The third kappa shape index (κ3) is 3.16. The maximum absolute atomic E-state index is 12.7. The smallest absolute Gasteiger partial charge is 0.219 e. The Hall–Kier alpha value is -1.35. The summed E-state index contributed by atoms with van der Waals surface area (Å²) in [6, 6.07) is 5.05. The number of hydrogen-bond acceptors (Lipinski definition) is 6. The molecule has 0 amide bonds. The van der Waals surface area contributed by atoms with Crippen LogP contribution in [-0.4, -0.2) is 52.6 Å². The number of rotatable bonds is 6. The highest BCUT2D eigenvalue weighted by molar-refractivity contribution is 7.90. The van der Waals surface area contributed by atoms with E-state index in [9.17, 15) is 8.42 Å². The van der Waals surface area contributed by atoms with Crippen LogP contribution >= 0.6 is 0 Å². The van der Waals surface area contributed by atoms with Crippen molar-refractivity contribution in [1.29, 1.82) is 0 Å². The van der Waals surface area contributed by atoms with Gasteiger partial charge in [-0.3, -0.25) is 4.84 Å². The molecule has 1 aromatic carbocycles. The van der Waals surface area contributed by atoms with Crippen LogP contribution < -0.4 is 14.2 Å². The maximum Gasteiger partial charge on any atom is 0.219 e. The van der Waals surface area contributed by atoms with Crippen LogP contribution in [0.1, 0.15) is 24.4 Å². The second-order valence-electron chi connectivity index (χ2n) is 5.85. The largest absolute Gasteiger partial charge is 0.493 e. The molecule has 7 nitrogen and oxygen atoms in total. The van der Waals surface area contributed by atoms with Gasteiger partial charge in [-0.25, -0.2) is 13.1 Å². The van der Waals surface area contributed by atoms with E-state index in [-0.39, 0.29) is 12.6 Å². The van der Waals surface area contributed by atoms with E-state index in [1.54, 1.807) is 32.4 Å². The molecule has 0 unspecified atom stereocenters. The molecule has 128 valence electrons. The van der Waals surface area contributed by atoms with Gasteiger partial charge in [0.15, 0.2) is 11.5 Å². The fourth-order valence-corrected chi connectivity index (χ4v) is 4.69. The Kier molecular flexibility index (Phi) is 4.50. The molecular formula is C15H22N2O5S. The van der Waals surface area contributed by atoms with E-state index >= 15 is 0 Å². The first-order chi connectivity index (χ1) is 11.0. The molecule has 2 aliphatic rings. The Bertz CT molecular complexity index is 674. The fourth-order valence-electron chi connectivity index (χ4n) is 2.92. The highest BCUT2D eigenvalue weighted by Crippen LogP contribution is 2.42. The van der Waals surface area contributed by atoms with Gasteiger partial charge in [0.2, 0.25) is 10.0 Å². The molecule has 1 heterocycles. The van der Waals surface area contributed by atoms with Crippen LogP contribution in [0.2, 0.25) is 0 Å². The molecule has 0 radical (unpaired) electrons. The number of nitrogens with one attached hydrogen (secondary N) is 1. The first-order valence-corrected chi connectivity index (χ1v) is 9.10. The number of hydrogen-bond donors (Lipinski definition) is 1. The Balaban J connectivity index is 1.98. The van der Waals surface area contributed by atoms with E-state index in [0.29, 0.717) is 11.5 Å². The van der Waals surface area contributed by atoms with Crippen LogP contribution in [0, 0.1) is 0 Å². The predicted octanol–water partition coefficient (Wildman–Crippen LogP) is 1.07. The molecule has 8 heteroatoms. The van der Waals surface area contributed by atoms with Gasteiger partial charge in [0.1, 0.15) is 5.25 Å². The van der Waals surface area contributed by atoms with Crippen LogP contribution in [0.15, 0.2) is 18.2 Å². The molecule has 1 aliphatic heterocycles. The van der Waals surface area contributed by atoms with Gasteiger partial charge in [-0.05, 0) is 18.9 Å². The third-order valence-electron chi connectivity index (χ3n) is 4.25. The van der Waals surface area contributed by atoms with E-state index in [2.05, 4.69) is 4.72 Å². The van der Waals surface area contributed by atoms with E-state index in [1.807, 2.05) is 12.1 Å². The highest BCUT2D eigenvalue weighted by atomic mass is 32.2. The molecule has 23 heavy (non-hydrogen) atoms. The van der Waals surface area contributed by atoms with Gasteiger partial charge >= 0.3 is 0 Å². The lowest BCUT2D eigenvalue weighted by Crippen LogP contribution is -2.40. The number of methoxy groups -OCH3 is 2. The Morgan fingerprint density at radius 3 is 2.61 bits per heavy atom. The number of para-hydroxylation sites is 1. The van der Waals surface area contributed by atoms with Crippen LogP contribution in [0.3, 0.4) is 0 Å². The fraction of sp³-hybridized carbons (Fsp3) is 0.600. The SMILES string of the molecule is COc1cccc([C@H]2[C@@H](S(=O)(=O)NC3CC3)CON2C)c1OC. The van der Waals surface area contributed by atoms with Crippen LogP contribution in [0.4, 0.5) is 0 Å². The molecular weight excluding hydrogens is 320 g/mol. The third-order valence-corrected chi connectivity index (χ3v) is 6.10. The summed E-state index contributed by atoms with van der Waals surface area (Å²) in [5, 5.41) is 0.878. The topological polar surface area (TPSA) is 77.1 Å². The average molecular weight is 342 g/mol. The van der Waals surface area contributed by atoms with Crippen LogP contribution in [0.5, 0.6) is 11.5 Å². The number of benzene rings is 1. The van der Waals surface area contributed by atoms with E-state index in [1.165, 1.54) is 0 Å². The lowest BCUT2D eigenvalue weighted by molar-refractivity contribution is -0.110. The molecule has 1 saturated carbocycles. The van der Waals surface area contributed by atoms with Crippen molar-refractivity contribution in [1.82, 2.24) is 9.79 Å². The molecule has 0 spiro atoms. The number of nitrogens with zero attached hydrogens (tertiary/aromatic N) is 1. The molecule has 3 rings (SSSR count).